The summed E-state index contributed by atoms with van der Waals surface area (Å²) in [5.41, 5.74) is 8.60. The minimum absolute atomic E-state index is 0.680. The largest absolute Gasteiger partial charge is 0.399 e. The third kappa shape index (κ3) is 3.54. The van der Waals surface area contributed by atoms with Crippen molar-refractivity contribution in [2.45, 2.75) is 19.3 Å². The van der Waals surface area contributed by atoms with Crippen LogP contribution in [0.15, 0.2) is 18.2 Å². The summed E-state index contributed by atoms with van der Waals surface area (Å²) in [6.45, 7) is 4.25. The topological polar surface area (TPSA) is 67.2 Å². The molecule has 1 aromatic carbocycles. The Kier molecular flexibility index (Phi) is 4.41. The fraction of sp³-hybridized carbons (Fsp3) is 0.562. The molecule has 3 N–H and O–H groups in total. The lowest BCUT2D eigenvalue weighted by atomic mass is 9.99. The van der Waals surface area contributed by atoms with Crippen molar-refractivity contribution in [2.24, 2.45) is 5.92 Å². The molecule has 3 rings (SSSR count). The third-order valence-electron chi connectivity index (χ3n) is 4.23. The van der Waals surface area contributed by atoms with Crippen LogP contribution in [0.1, 0.15) is 18.7 Å². The van der Waals surface area contributed by atoms with Crippen molar-refractivity contribution >= 4 is 16.7 Å². The lowest BCUT2D eigenvalue weighted by Crippen LogP contribution is -2.38. The number of anilines is 1. The number of hydrogen-bond acceptors (Lipinski definition) is 4. The van der Waals surface area contributed by atoms with Gasteiger partial charge in [0.2, 0.25) is 0 Å². The van der Waals surface area contributed by atoms with Gasteiger partial charge in [0, 0.05) is 32.3 Å². The van der Waals surface area contributed by atoms with Gasteiger partial charge in [-0.1, -0.05) is 0 Å². The zero-order chi connectivity index (χ0) is 14.7. The molecular formula is C16H24N4O. The van der Waals surface area contributed by atoms with Crippen LogP contribution in [0.25, 0.3) is 11.0 Å². The maximum atomic E-state index is 5.80. The number of piperidine rings is 1. The zero-order valence-corrected chi connectivity index (χ0v) is 12.6. The molecule has 1 saturated heterocycles. The van der Waals surface area contributed by atoms with Gasteiger partial charge in [0.05, 0.1) is 17.6 Å². The summed E-state index contributed by atoms with van der Waals surface area (Å²) in [6, 6.07) is 5.81. The first-order valence-corrected chi connectivity index (χ1v) is 7.70. The maximum absolute atomic E-state index is 5.80. The number of aromatic amines is 1. The minimum Gasteiger partial charge on any atom is -0.399 e. The van der Waals surface area contributed by atoms with Crippen molar-refractivity contribution in [1.29, 1.82) is 0 Å². The van der Waals surface area contributed by atoms with Crippen LogP contribution in [0, 0.1) is 5.92 Å². The minimum atomic E-state index is 0.680. The number of methoxy groups -OCH3 is 1. The SMILES string of the molecule is COCC1CCCN(CCc2nc3ccc(N)cc3[nH]2)C1. The molecule has 1 atom stereocenters. The van der Waals surface area contributed by atoms with Gasteiger partial charge in [-0.05, 0) is 43.5 Å². The number of ether oxygens (including phenoxy) is 1. The first-order chi connectivity index (χ1) is 10.2. The molecule has 0 saturated carbocycles. The quantitative estimate of drug-likeness (QED) is 0.826. The highest BCUT2D eigenvalue weighted by molar-refractivity contribution is 5.78. The number of hydrogen-bond donors (Lipinski definition) is 2. The van der Waals surface area contributed by atoms with Gasteiger partial charge >= 0.3 is 0 Å². The van der Waals surface area contributed by atoms with Crippen LogP contribution in [-0.4, -0.2) is 48.2 Å². The van der Waals surface area contributed by atoms with E-state index < -0.39 is 0 Å². The molecule has 2 heterocycles. The van der Waals surface area contributed by atoms with E-state index in [9.17, 15) is 0 Å². The van der Waals surface area contributed by atoms with Gasteiger partial charge < -0.3 is 20.4 Å². The van der Waals surface area contributed by atoms with E-state index in [2.05, 4.69) is 14.9 Å². The van der Waals surface area contributed by atoms with E-state index in [-0.39, 0.29) is 0 Å². The predicted molar refractivity (Wildman–Crippen MR) is 85.3 cm³/mol. The fourth-order valence-electron chi connectivity index (χ4n) is 3.19. The summed E-state index contributed by atoms with van der Waals surface area (Å²) in [7, 11) is 1.79. The van der Waals surface area contributed by atoms with Gasteiger partial charge in [-0.25, -0.2) is 4.98 Å². The number of aromatic nitrogens is 2. The van der Waals surface area contributed by atoms with E-state index in [0.717, 1.165) is 48.7 Å². The van der Waals surface area contributed by atoms with E-state index in [0.29, 0.717) is 5.92 Å². The Hall–Kier alpha value is -1.59. The van der Waals surface area contributed by atoms with Crippen molar-refractivity contribution in [3.8, 4) is 0 Å². The highest BCUT2D eigenvalue weighted by Gasteiger charge is 2.19. The second kappa shape index (κ2) is 6.45. The molecule has 0 radical (unpaired) electrons. The molecule has 1 unspecified atom stereocenters. The smallest absolute Gasteiger partial charge is 0.108 e. The van der Waals surface area contributed by atoms with Crippen LogP contribution < -0.4 is 5.73 Å². The van der Waals surface area contributed by atoms with Crippen LogP contribution in [0.2, 0.25) is 0 Å². The Morgan fingerprint density at radius 1 is 1.48 bits per heavy atom. The number of benzene rings is 1. The molecule has 114 valence electrons. The third-order valence-corrected chi connectivity index (χ3v) is 4.23. The average Bonchev–Trinajstić information content (AvgIpc) is 2.88. The Labute approximate surface area is 125 Å². The number of nitrogens with two attached hydrogens (primary N) is 1. The molecule has 5 heteroatoms. The molecule has 0 bridgehead atoms. The lowest BCUT2D eigenvalue weighted by Gasteiger charge is -2.32. The van der Waals surface area contributed by atoms with Crippen molar-refractivity contribution in [3.05, 3.63) is 24.0 Å². The van der Waals surface area contributed by atoms with Crippen molar-refractivity contribution in [2.75, 3.05) is 39.1 Å². The van der Waals surface area contributed by atoms with Crippen LogP contribution in [0.5, 0.6) is 0 Å². The predicted octanol–water partition coefficient (Wildman–Crippen LogP) is 2.05. The Morgan fingerprint density at radius 2 is 2.38 bits per heavy atom. The van der Waals surface area contributed by atoms with E-state index >= 15 is 0 Å². The molecule has 1 aliphatic rings. The zero-order valence-electron chi connectivity index (χ0n) is 12.6. The molecule has 1 fully saturated rings. The van der Waals surface area contributed by atoms with Crippen molar-refractivity contribution in [1.82, 2.24) is 14.9 Å². The molecule has 0 spiro atoms. The number of nitrogens with one attached hydrogen (secondary N) is 1. The summed E-state index contributed by atoms with van der Waals surface area (Å²) < 4.78 is 5.29. The Morgan fingerprint density at radius 3 is 3.24 bits per heavy atom. The second-order valence-electron chi connectivity index (χ2n) is 5.97. The molecule has 1 aliphatic heterocycles. The average molecular weight is 288 g/mol. The van der Waals surface area contributed by atoms with Gasteiger partial charge in [-0.3, -0.25) is 0 Å². The van der Waals surface area contributed by atoms with Crippen LogP contribution in [0.3, 0.4) is 0 Å². The summed E-state index contributed by atoms with van der Waals surface area (Å²) in [4.78, 5) is 10.5. The molecule has 2 aromatic rings. The van der Waals surface area contributed by atoms with Crippen LogP contribution in [-0.2, 0) is 11.2 Å². The van der Waals surface area contributed by atoms with Crippen LogP contribution in [0.4, 0.5) is 5.69 Å². The number of H-pyrrole nitrogens is 1. The highest BCUT2D eigenvalue weighted by atomic mass is 16.5. The monoisotopic (exact) mass is 288 g/mol. The summed E-state index contributed by atoms with van der Waals surface area (Å²) in [6.07, 6.45) is 3.51. The Balaban J connectivity index is 1.58. The van der Waals surface area contributed by atoms with Crippen molar-refractivity contribution in [3.63, 3.8) is 0 Å². The first-order valence-electron chi connectivity index (χ1n) is 7.70. The van der Waals surface area contributed by atoms with E-state index in [1.165, 1.54) is 19.4 Å². The normalized spacial score (nSPS) is 20.1. The highest BCUT2D eigenvalue weighted by Crippen LogP contribution is 2.18. The lowest BCUT2D eigenvalue weighted by molar-refractivity contribution is 0.0910. The molecule has 0 amide bonds. The van der Waals surface area contributed by atoms with Crippen molar-refractivity contribution < 1.29 is 4.74 Å². The Bertz CT molecular complexity index is 593. The summed E-state index contributed by atoms with van der Waals surface area (Å²) in [5.74, 6) is 1.73. The van der Waals surface area contributed by atoms with Gasteiger partial charge in [-0.2, -0.15) is 0 Å². The summed E-state index contributed by atoms with van der Waals surface area (Å²) in [5, 5.41) is 0. The van der Waals surface area contributed by atoms with E-state index in [4.69, 9.17) is 10.5 Å². The molecular weight excluding hydrogens is 264 g/mol. The van der Waals surface area contributed by atoms with Gasteiger partial charge in [0.15, 0.2) is 0 Å². The number of rotatable bonds is 5. The van der Waals surface area contributed by atoms with E-state index in [1.807, 2.05) is 18.2 Å². The summed E-state index contributed by atoms with van der Waals surface area (Å²) >= 11 is 0. The molecule has 1 aromatic heterocycles. The van der Waals surface area contributed by atoms with Gasteiger partial charge in [0.1, 0.15) is 5.82 Å². The van der Waals surface area contributed by atoms with Crippen LogP contribution >= 0.6 is 0 Å². The van der Waals surface area contributed by atoms with Gasteiger partial charge in [-0.15, -0.1) is 0 Å². The number of fused-ring (bicyclic) bond motifs is 1. The number of likely N-dealkylation sites (tertiary alicyclic amines) is 1. The fourth-order valence-corrected chi connectivity index (χ4v) is 3.19. The molecule has 0 aliphatic carbocycles. The second-order valence-corrected chi connectivity index (χ2v) is 5.97. The number of imidazole rings is 1. The molecule has 21 heavy (non-hydrogen) atoms. The van der Waals surface area contributed by atoms with Gasteiger partial charge in [0.25, 0.3) is 0 Å². The first kappa shape index (κ1) is 14.4. The number of nitrogen functional groups attached to an aromatic ring is 1. The number of nitrogens with zero attached hydrogens (tertiary/aromatic N) is 2. The standard InChI is InChI=1S/C16H24N4O/c1-21-11-12-3-2-7-20(10-12)8-6-16-18-14-5-4-13(17)9-15(14)19-16/h4-5,9,12H,2-3,6-8,10-11,17H2,1H3,(H,18,19). The van der Waals surface area contributed by atoms with E-state index in [1.54, 1.807) is 7.11 Å². The maximum Gasteiger partial charge on any atom is 0.108 e. The molecule has 5 nitrogen and oxygen atoms in total.